The molecule has 7 heteroatoms. The van der Waals surface area contributed by atoms with Crippen molar-refractivity contribution in [2.45, 2.75) is 13.5 Å². The Bertz CT molecular complexity index is 1120. The summed E-state index contributed by atoms with van der Waals surface area (Å²) >= 11 is 0. The van der Waals surface area contributed by atoms with Crippen LogP contribution in [0, 0.1) is 6.92 Å². The van der Waals surface area contributed by atoms with Gasteiger partial charge in [0.25, 0.3) is 0 Å². The summed E-state index contributed by atoms with van der Waals surface area (Å²) in [5, 5.41) is 3.98. The van der Waals surface area contributed by atoms with Gasteiger partial charge in [0.1, 0.15) is 0 Å². The minimum absolute atomic E-state index is 0.574. The maximum Gasteiger partial charge on any atom is 0.225 e. The molecule has 3 heterocycles. The van der Waals surface area contributed by atoms with E-state index in [0.29, 0.717) is 11.7 Å². The van der Waals surface area contributed by atoms with Gasteiger partial charge in [-0.05, 0) is 22.8 Å². The fraction of sp³-hybridized carbons (Fsp3) is 0.250. The van der Waals surface area contributed by atoms with Gasteiger partial charge in [0.05, 0.1) is 0 Å². The van der Waals surface area contributed by atoms with Crippen LogP contribution in [0.3, 0.4) is 0 Å². The first kappa shape index (κ1) is 19.4. The van der Waals surface area contributed by atoms with E-state index in [1.807, 2.05) is 18.2 Å². The van der Waals surface area contributed by atoms with Gasteiger partial charge in [0, 0.05) is 57.6 Å². The molecule has 0 N–H and O–H groups in total. The van der Waals surface area contributed by atoms with Gasteiger partial charge in [-0.25, -0.2) is 9.97 Å². The van der Waals surface area contributed by atoms with Gasteiger partial charge in [-0.2, -0.15) is 4.98 Å². The predicted molar refractivity (Wildman–Crippen MR) is 119 cm³/mol. The summed E-state index contributed by atoms with van der Waals surface area (Å²) in [7, 11) is 0. The van der Waals surface area contributed by atoms with Crippen LogP contribution in [0.25, 0.3) is 22.5 Å². The molecule has 7 nitrogen and oxygen atoms in total. The van der Waals surface area contributed by atoms with E-state index in [9.17, 15) is 0 Å². The van der Waals surface area contributed by atoms with Gasteiger partial charge in [-0.15, -0.1) is 0 Å². The first-order chi connectivity index (χ1) is 15.2. The maximum absolute atomic E-state index is 5.06. The number of rotatable bonds is 5. The highest BCUT2D eigenvalue weighted by Gasteiger charge is 2.18. The molecule has 4 aromatic rings. The lowest BCUT2D eigenvalue weighted by atomic mass is 10.0. The van der Waals surface area contributed by atoms with Gasteiger partial charge in [-0.1, -0.05) is 53.7 Å². The minimum Gasteiger partial charge on any atom is -0.339 e. The number of nitrogens with zero attached hydrogens (tertiary/aromatic N) is 6. The second-order valence-corrected chi connectivity index (χ2v) is 7.72. The molecule has 2 aromatic carbocycles. The van der Waals surface area contributed by atoms with Gasteiger partial charge >= 0.3 is 0 Å². The molecule has 156 valence electrons. The summed E-state index contributed by atoms with van der Waals surface area (Å²) in [4.78, 5) is 17.7. The highest BCUT2D eigenvalue weighted by Crippen LogP contribution is 2.24. The van der Waals surface area contributed by atoms with Crippen molar-refractivity contribution >= 4 is 5.95 Å². The summed E-state index contributed by atoms with van der Waals surface area (Å²) < 4.78 is 5.06. The van der Waals surface area contributed by atoms with Crippen molar-refractivity contribution in [1.82, 2.24) is 25.0 Å². The van der Waals surface area contributed by atoms with Gasteiger partial charge in [0.15, 0.2) is 0 Å². The molecule has 0 atom stereocenters. The zero-order valence-corrected chi connectivity index (χ0v) is 17.5. The summed E-state index contributed by atoms with van der Waals surface area (Å²) in [5.74, 6) is 2.02. The average Bonchev–Trinajstić information content (AvgIpc) is 3.27. The van der Waals surface area contributed by atoms with Gasteiger partial charge < -0.3 is 9.42 Å². The van der Waals surface area contributed by atoms with E-state index in [0.717, 1.165) is 44.2 Å². The molecule has 1 fully saturated rings. The van der Waals surface area contributed by atoms with Crippen molar-refractivity contribution in [2.75, 3.05) is 31.1 Å². The van der Waals surface area contributed by atoms with Crippen molar-refractivity contribution in [2.24, 2.45) is 0 Å². The molecule has 2 aromatic heterocycles. The van der Waals surface area contributed by atoms with Gasteiger partial charge in [-0.3, -0.25) is 4.90 Å². The SMILES string of the molecule is Cc1nc(-c2ccc(-c3ccc(CN4CCN(c5ncccn5)CC4)cc3)cc2)no1. The standard InChI is InChI=1S/C24H24N6O/c1-18-27-23(28-31-18)22-9-7-21(8-10-22)20-5-3-19(4-6-20)17-29-13-15-30(16-14-29)24-25-11-2-12-26-24/h2-12H,13-17H2,1H3. The number of piperazine rings is 1. The Morgan fingerprint density at radius 1 is 0.806 bits per heavy atom. The van der Waals surface area contributed by atoms with E-state index in [1.54, 1.807) is 19.3 Å². The Labute approximate surface area is 181 Å². The average molecular weight is 412 g/mol. The van der Waals surface area contributed by atoms with Crippen molar-refractivity contribution in [3.63, 3.8) is 0 Å². The third-order valence-electron chi connectivity index (χ3n) is 5.57. The van der Waals surface area contributed by atoms with Crippen LogP contribution in [0.2, 0.25) is 0 Å². The normalized spacial score (nSPS) is 14.7. The Balaban J connectivity index is 1.19. The summed E-state index contributed by atoms with van der Waals surface area (Å²) in [5.41, 5.74) is 4.65. The van der Waals surface area contributed by atoms with Crippen LogP contribution < -0.4 is 4.90 Å². The molecule has 5 rings (SSSR count). The number of benzene rings is 2. The van der Waals surface area contributed by atoms with E-state index >= 15 is 0 Å². The number of aryl methyl sites for hydroxylation is 1. The van der Waals surface area contributed by atoms with Gasteiger partial charge in [0.2, 0.25) is 17.7 Å². The zero-order valence-electron chi connectivity index (χ0n) is 17.5. The molecular weight excluding hydrogens is 388 g/mol. The van der Waals surface area contributed by atoms with E-state index < -0.39 is 0 Å². The molecular formula is C24H24N6O. The van der Waals surface area contributed by atoms with E-state index in [4.69, 9.17) is 4.52 Å². The lowest BCUT2D eigenvalue weighted by molar-refractivity contribution is 0.248. The molecule has 1 aliphatic rings. The third kappa shape index (κ3) is 4.46. The molecule has 0 amide bonds. The van der Waals surface area contributed by atoms with Crippen LogP contribution in [-0.2, 0) is 6.54 Å². The molecule has 31 heavy (non-hydrogen) atoms. The Morgan fingerprint density at radius 3 is 2.03 bits per heavy atom. The summed E-state index contributed by atoms with van der Waals surface area (Å²) in [6.07, 6.45) is 3.60. The first-order valence-electron chi connectivity index (χ1n) is 10.5. The van der Waals surface area contributed by atoms with Crippen molar-refractivity contribution in [1.29, 1.82) is 0 Å². The molecule has 1 aliphatic heterocycles. The lowest BCUT2D eigenvalue weighted by Gasteiger charge is -2.34. The topological polar surface area (TPSA) is 71.2 Å². The van der Waals surface area contributed by atoms with E-state index in [1.165, 1.54) is 16.7 Å². The van der Waals surface area contributed by atoms with Crippen LogP contribution >= 0.6 is 0 Å². The Hall–Kier alpha value is -3.58. The van der Waals surface area contributed by atoms with E-state index in [-0.39, 0.29) is 0 Å². The molecule has 0 unspecified atom stereocenters. The fourth-order valence-electron chi connectivity index (χ4n) is 3.85. The highest BCUT2D eigenvalue weighted by molar-refractivity contribution is 5.67. The monoisotopic (exact) mass is 412 g/mol. The zero-order chi connectivity index (χ0) is 21.0. The molecule has 0 aliphatic carbocycles. The summed E-state index contributed by atoms with van der Waals surface area (Å²) in [6, 6.07) is 18.9. The van der Waals surface area contributed by atoms with Crippen LogP contribution in [0.15, 0.2) is 71.5 Å². The fourth-order valence-corrected chi connectivity index (χ4v) is 3.85. The van der Waals surface area contributed by atoms with Crippen LogP contribution in [0.1, 0.15) is 11.5 Å². The molecule has 0 spiro atoms. The van der Waals surface area contributed by atoms with E-state index in [2.05, 4.69) is 66.3 Å². The summed E-state index contributed by atoms with van der Waals surface area (Å²) in [6.45, 7) is 6.68. The number of hydrogen-bond donors (Lipinski definition) is 0. The predicted octanol–water partition coefficient (Wildman–Crippen LogP) is 3.82. The third-order valence-corrected chi connectivity index (χ3v) is 5.57. The molecule has 0 saturated carbocycles. The minimum atomic E-state index is 0.574. The maximum atomic E-state index is 5.06. The second-order valence-electron chi connectivity index (χ2n) is 7.72. The largest absolute Gasteiger partial charge is 0.339 e. The molecule has 0 bridgehead atoms. The second kappa shape index (κ2) is 8.65. The lowest BCUT2D eigenvalue weighted by Crippen LogP contribution is -2.46. The first-order valence-corrected chi connectivity index (χ1v) is 10.5. The number of hydrogen-bond acceptors (Lipinski definition) is 7. The molecule has 1 saturated heterocycles. The number of anilines is 1. The Kier molecular flexibility index (Phi) is 5.41. The number of aromatic nitrogens is 4. The van der Waals surface area contributed by atoms with Crippen LogP contribution in [0.4, 0.5) is 5.95 Å². The quantitative estimate of drug-likeness (QED) is 0.493. The molecule has 0 radical (unpaired) electrons. The van der Waals surface area contributed by atoms with Crippen molar-refractivity contribution < 1.29 is 4.52 Å². The highest BCUT2D eigenvalue weighted by atomic mass is 16.5. The van der Waals surface area contributed by atoms with Crippen LogP contribution in [-0.4, -0.2) is 51.2 Å². The smallest absolute Gasteiger partial charge is 0.225 e. The Morgan fingerprint density at radius 2 is 1.42 bits per heavy atom. The van der Waals surface area contributed by atoms with Crippen LogP contribution in [0.5, 0.6) is 0 Å². The van der Waals surface area contributed by atoms with Crippen molar-refractivity contribution in [3.8, 4) is 22.5 Å². The van der Waals surface area contributed by atoms with Crippen molar-refractivity contribution in [3.05, 3.63) is 78.4 Å².